The van der Waals surface area contributed by atoms with Gasteiger partial charge in [0.15, 0.2) is 11.5 Å². The van der Waals surface area contributed by atoms with Gasteiger partial charge in [-0.05, 0) is 19.9 Å². The number of phenols is 1. The molecule has 0 aliphatic carbocycles. The van der Waals surface area contributed by atoms with Gasteiger partial charge < -0.3 is 20.3 Å². The zero-order valence-electron chi connectivity index (χ0n) is 9.73. The number of rotatable bonds is 6. The molecule has 0 amide bonds. The monoisotopic (exact) mass is 225 g/mol. The van der Waals surface area contributed by atoms with E-state index in [1.165, 1.54) is 0 Å². The summed E-state index contributed by atoms with van der Waals surface area (Å²) in [6, 6.07) is 5.40. The third kappa shape index (κ3) is 3.72. The summed E-state index contributed by atoms with van der Waals surface area (Å²) in [4.78, 5) is 0. The molecule has 4 nitrogen and oxygen atoms in total. The van der Waals surface area contributed by atoms with Gasteiger partial charge in [-0.1, -0.05) is 12.1 Å². The quantitative estimate of drug-likeness (QED) is 0.682. The van der Waals surface area contributed by atoms with Crippen LogP contribution in [0, 0.1) is 0 Å². The van der Waals surface area contributed by atoms with Gasteiger partial charge in [0.1, 0.15) is 0 Å². The lowest BCUT2D eigenvalue weighted by Gasteiger charge is -2.11. The highest BCUT2D eigenvalue weighted by molar-refractivity contribution is 5.45. The van der Waals surface area contributed by atoms with Crippen molar-refractivity contribution >= 4 is 0 Å². The maximum atomic E-state index is 9.86. The first kappa shape index (κ1) is 12.8. The summed E-state index contributed by atoms with van der Waals surface area (Å²) >= 11 is 0. The minimum absolute atomic E-state index is 0.169. The number of benzene rings is 1. The third-order valence-electron chi connectivity index (χ3n) is 2.14. The van der Waals surface area contributed by atoms with E-state index >= 15 is 0 Å². The predicted octanol–water partition coefficient (Wildman–Crippen LogP) is 1.26. The van der Waals surface area contributed by atoms with E-state index in [1.807, 2.05) is 19.1 Å². The molecule has 0 saturated heterocycles. The average Bonchev–Trinajstić information content (AvgIpc) is 2.23. The molecular weight excluding hydrogens is 206 g/mol. The number of aromatic hydroxyl groups is 1. The van der Waals surface area contributed by atoms with Crippen LogP contribution in [0.5, 0.6) is 11.5 Å². The molecule has 1 atom stereocenters. The fraction of sp³-hybridized carbons (Fsp3) is 0.500. The van der Waals surface area contributed by atoms with Gasteiger partial charge in [0.25, 0.3) is 0 Å². The Bertz CT molecular complexity index is 326. The van der Waals surface area contributed by atoms with Crippen LogP contribution < -0.4 is 10.1 Å². The normalized spacial score (nSPS) is 12.4. The lowest BCUT2D eigenvalue weighted by Crippen LogP contribution is -2.23. The summed E-state index contributed by atoms with van der Waals surface area (Å²) in [5, 5.41) is 22.0. The Morgan fingerprint density at radius 2 is 2.19 bits per heavy atom. The molecule has 0 aliphatic heterocycles. The van der Waals surface area contributed by atoms with Gasteiger partial charge in [-0.3, -0.25) is 0 Å². The van der Waals surface area contributed by atoms with E-state index in [1.54, 1.807) is 13.0 Å². The van der Waals surface area contributed by atoms with Crippen LogP contribution in [0.25, 0.3) is 0 Å². The molecule has 16 heavy (non-hydrogen) atoms. The molecule has 0 unspecified atom stereocenters. The second-order valence-electron chi connectivity index (χ2n) is 3.68. The molecule has 1 aromatic carbocycles. The first-order valence-electron chi connectivity index (χ1n) is 5.47. The topological polar surface area (TPSA) is 61.7 Å². The Morgan fingerprint density at radius 3 is 2.81 bits per heavy atom. The van der Waals surface area contributed by atoms with Crippen LogP contribution in [0.15, 0.2) is 18.2 Å². The number of ether oxygens (including phenoxy) is 1. The van der Waals surface area contributed by atoms with Crippen molar-refractivity contribution in [3.05, 3.63) is 23.8 Å². The van der Waals surface area contributed by atoms with Gasteiger partial charge >= 0.3 is 0 Å². The minimum atomic E-state index is -0.391. The summed E-state index contributed by atoms with van der Waals surface area (Å²) in [6.45, 7) is 5.12. The minimum Gasteiger partial charge on any atom is -0.504 e. The van der Waals surface area contributed by atoms with Gasteiger partial charge in [-0.15, -0.1) is 0 Å². The molecule has 3 N–H and O–H groups in total. The Kier molecular flexibility index (Phi) is 5.08. The lowest BCUT2D eigenvalue weighted by atomic mass is 10.2. The summed E-state index contributed by atoms with van der Waals surface area (Å²) in [7, 11) is 0. The first-order chi connectivity index (χ1) is 7.65. The Hall–Kier alpha value is -1.26. The van der Waals surface area contributed by atoms with E-state index in [0.717, 1.165) is 5.56 Å². The molecule has 1 rings (SSSR count). The standard InChI is InChI=1S/C12H19NO3/c1-3-16-11-6-4-5-10(12(11)15)8-13-7-9(2)14/h4-6,9,13-15H,3,7-8H2,1-2H3/t9-/m1/s1. The van der Waals surface area contributed by atoms with E-state index in [4.69, 9.17) is 9.84 Å². The molecule has 0 aliphatic rings. The highest BCUT2D eigenvalue weighted by Crippen LogP contribution is 2.29. The van der Waals surface area contributed by atoms with Crippen LogP contribution in [0.3, 0.4) is 0 Å². The summed E-state index contributed by atoms with van der Waals surface area (Å²) in [5.41, 5.74) is 0.770. The number of aliphatic hydroxyl groups excluding tert-OH is 1. The van der Waals surface area contributed by atoms with Crippen LogP contribution in [0.2, 0.25) is 0 Å². The largest absolute Gasteiger partial charge is 0.504 e. The maximum Gasteiger partial charge on any atom is 0.162 e. The van der Waals surface area contributed by atoms with E-state index in [2.05, 4.69) is 5.32 Å². The van der Waals surface area contributed by atoms with Crippen LogP contribution in [-0.4, -0.2) is 29.5 Å². The Morgan fingerprint density at radius 1 is 1.44 bits per heavy atom. The van der Waals surface area contributed by atoms with Crippen molar-refractivity contribution < 1.29 is 14.9 Å². The van der Waals surface area contributed by atoms with Crippen molar-refractivity contribution in [1.29, 1.82) is 0 Å². The fourth-order valence-electron chi connectivity index (χ4n) is 1.40. The second-order valence-corrected chi connectivity index (χ2v) is 3.68. The predicted molar refractivity (Wildman–Crippen MR) is 62.7 cm³/mol. The van der Waals surface area contributed by atoms with Gasteiger partial charge in [-0.25, -0.2) is 0 Å². The summed E-state index contributed by atoms with van der Waals surface area (Å²) in [6.07, 6.45) is -0.391. The molecule has 0 heterocycles. The van der Waals surface area contributed by atoms with Crippen LogP contribution >= 0.6 is 0 Å². The summed E-state index contributed by atoms with van der Waals surface area (Å²) < 4.78 is 5.28. The highest BCUT2D eigenvalue weighted by Gasteiger charge is 2.07. The SMILES string of the molecule is CCOc1cccc(CNC[C@@H](C)O)c1O. The zero-order valence-corrected chi connectivity index (χ0v) is 9.73. The van der Waals surface area contributed by atoms with Gasteiger partial charge in [0.05, 0.1) is 12.7 Å². The molecule has 0 bridgehead atoms. The van der Waals surface area contributed by atoms with Gasteiger partial charge in [-0.2, -0.15) is 0 Å². The molecule has 0 saturated carbocycles. The van der Waals surface area contributed by atoms with Crippen LogP contribution in [0.1, 0.15) is 19.4 Å². The molecule has 0 radical (unpaired) electrons. The van der Waals surface area contributed by atoms with Crippen molar-refractivity contribution in [2.75, 3.05) is 13.2 Å². The number of aliphatic hydroxyl groups is 1. The molecule has 90 valence electrons. The molecule has 0 aromatic heterocycles. The molecule has 0 fully saturated rings. The summed E-state index contributed by atoms with van der Waals surface area (Å²) in [5.74, 6) is 0.668. The molecule has 0 spiro atoms. The number of nitrogens with one attached hydrogen (secondary N) is 1. The van der Waals surface area contributed by atoms with Crippen LogP contribution in [-0.2, 0) is 6.54 Å². The Balaban J connectivity index is 2.62. The van der Waals surface area contributed by atoms with E-state index in [0.29, 0.717) is 25.4 Å². The maximum absolute atomic E-state index is 9.86. The smallest absolute Gasteiger partial charge is 0.162 e. The zero-order chi connectivity index (χ0) is 12.0. The van der Waals surface area contributed by atoms with Crippen molar-refractivity contribution in [1.82, 2.24) is 5.32 Å². The first-order valence-corrected chi connectivity index (χ1v) is 5.47. The van der Waals surface area contributed by atoms with E-state index in [-0.39, 0.29) is 5.75 Å². The number of hydrogen-bond donors (Lipinski definition) is 3. The van der Waals surface area contributed by atoms with Crippen molar-refractivity contribution in [2.45, 2.75) is 26.5 Å². The number of para-hydroxylation sites is 1. The van der Waals surface area contributed by atoms with Gasteiger partial charge in [0.2, 0.25) is 0 Å². The highest BCUT2D eigenvalue weighted by atomic mass is 16.5. The van der Waals surface area contributed by atoms with Crippen molar-refractivity contribution in [3.63, 3.8) is 0 Å². The fourth-order valence-corrected chi connectivity index (χ4v) is 1.40. The molecular formula is C12H19NO3. The lowest BCUT2D eigenvalue weighted by molar-refractivity contribution is 0.191. The number of phenolic OH excluding ortho intramolecular Hbond substituents is 1. The van der Waals surface area contributed by atoms with E-state index in [9.17, 15) is 5.11 Å². The number of hydrogen-bond acceptors (Lipinski definition) is 4. The van der Waals surface area contributed by atoms with Gasteiger partial charge in [0, 0.05) is 18.7 Å². The average molecular weight is 225 g/mol. The molecule has 4 heteroatoms. The van der Waals surface area contributed by atoms with Crippen molar-refractivity contribution in [2.24, 2.45) is 0 Å². The second kappa shape index (κ2) is 6.35. The van der Waals surface area contributed by atoms with E-state index < -0.39 is 6.10 Å². The van der Waals surface area contributed by atoms with Crippen LogP contribution in [0.4, 0.5) is 0 Å². The van der Waals surface area contributed by atoms with Crippen molar-refractivity contribution in [3.8, 4) is 11.5 Å². The Labute approximate surface area is 95.9 Å². The third-order valence-corrected chi connectivity index (χ3v) is 2.14. The molecule has 1 aromatic rings.